The highest BCUT2D eigenvalue weighted by molar-refractivity contribution is 5.71. The van der Waals surface area contributed by atoms with E-state index in [-0.39, 0.29) is 31.1 Å². The summed E-state index contributed by atoms with van der Waals surface area (Å²) in [6.07, 6.45) is 91.7. The molecule has 0 heterocycles. The Morgan fingerprint density at radius 1 is 0.253 bits per heavy atom. The second kappa shape index (κ2) is 71.8. The summed E-state index contributed by atoms with van der Waals surface area (Å²) < 4.78 is 17.0. The molecule has 0 bridgehead atoms. The Morgan fingerprint density at radius 3 is 0.747 bits per heavy atom. The van der Waals surface area contributed by atoms with Crippen LogP contribution in [0.15, 0.2) is 48.6 Å². The molecule has 0 saturated heterocycles. The summed E-state index contributed by atoms with van der Waals surface area (Å²) in [5.74, 6) is -0.862. The third-order valence-electron chi connectivity index (χ3n) is 16.8. The van der Waals surface area contributed by atoms with Crippen LogP contribution in [0.5, 0.6) is 0 Å². The van der Waals surface area contributed by atoms with E-state index in [0.29, 0.717) is 19.3 Å². The van der Waals surface area contributed by atoms with Gasteiger partial charge in [-0.25, -0.2) is 0 Å². The second-order valence-corrected chi connectivity index (χ2v) is 25.2. The van der Waals surface area contributed by atoms with Crippen LogP contribution in [0.1, 0.15) is 406 Å². The molecule has 0 aromatic carbocycles. The Balaban J connectivity index is 4.14. The number of allylic oxidation sites excluding steroid dienone is 8. The Morgan fingerprint density at radius 2 is 0.470 bits per heavy atom. The van der Waals surface area contributed by atoms with Crippen molar-refractivity contribution in [2.45, 2.75) is 412 Å². The minimum absolute atomic E-state index is 0.0732. The number of carbonyl (C=O) groups is 3. The first-order chi connectivity index (χ1) is 41.0. The van der Waals surface area contributed by atoms with Gasteiger partial charge in [-0.3, -0.25) is 14.4 Å². The summed E-state index contributed by atoms with van der Waals surface area (Å²) in [6.45, 7) is 6.59. The molecule has 0 N–H and O–H groups in total. The van der Waals surface area contributed by atoms with Crippen LogP contribution in [0.4, 0.5) is 0 Å². The van der Waals surface area contributed by atoms with E-state index < -0.39 is 6.10 Å². The van der Waals surface area contributed by atoms with Crippen molar-refractivity contribution in [1.82, 2.24) is 0 Å². The summed E-state index contributed by atoms with van der Waals surface area (Å²) in [4.78, 5) is 38.4. The van der Waals surface area contributed by atoms with Crippen molar-refractivity contribution in [1.29, 1.82) is 0 Å². The van der Waals surface area contributed by atoms with E-state index in [9.17, 15) is 14.4 Å². The third-order valence-corrected chi connectivity index (χ3v) is 16.8. The zero-order valence-electron chi connectivity index (χ0n) is 56.0. The molecule has 0 fully saturated rings. The molecule has 1 atom stereocenters. The van der Waals surface area contributed by atoms with E-state index in [1.54, 1.807) is 0 Å². The van der Waals surface area contributed by atoms with Gasteiger partial charge in [-0.15, -0.1) is 0 Å². The maximum atomic E-state index is 12.9. The Hall–Kier alpha value is -2.63. The fourth-order valence-corrected chi connectivity index (χ4v) is 11.3. The number of rotatable bonds is 69. The van der Waals surface area contributed by atoms with Gasteiger partial charge in [0.05, 0.1) is 0 Å². The summed E-state index contributed by atoms with van der Waals surface area (Å²) >= 11 is 0. The number of unbranched alkanes of at least 4 members (excludes halogenated alkanes) is 50. The SMILES string of the molecule is CC/C=C\C/C=C\C/C=C\CCCCCCCC(=O)OCC(COC(=O)CCCCCCCCCCCCCCCCCCCCCCC/C=C\CCCCCCCCCC)OC(=O)CCCCCCCCCCCCCCCCCCC. The molecule has 0 aliphatic heterocycles. The Labute approximate surface area is 518 Å². The van der Waals surface area contributed by atoms with Gasteiger partial charge in [0.15, 0.2) is 6.10 Å². The quantitative estimate of drug-likeness (QED) is 0.0261. The molecular weight excluding hydrogens is 1020 g/mol. The second-order valence-electron chi connectivity index (χ2n) is 25.2. The number of ether oxygens (including phenoxy) is 3. The van der Waals surface area contributed by atoms with Gasteiger partial charge in [-0.1, -0.05) is 358 Å². The maximum absolute atomic E-state index is 12.9. The fourth-order valence-electron chi connectivity index (χ4n) is 11.3. The van der Waals surface area contributed by atoms with Crippen molar-refractivity contribution in [2.75, 3.05) is 13.2 Å². The molecule has 1 unspecified atom stereocenters. The standard InChI is InChI=1S/C77H142O6/c1-4-7-10-13-16-19-22-25-28-30-31-32-33-34-35-36-37-38-39-40-41-42-43-44-45-47-49-52-55-58-61-64-67-70-76(79)82-73-74(72-81-75(78)69-66-63-60-57-54-51-48-27-24-21-18-15-12-9-6-3)83-77(80)71-68-65-62-59-56-53-50-46-29-26-23-20-17-14-11-8-5-2/h9,12,18,21,27,30-31,48,74H,4-8,10-11,13-17,19-20,22-26,28-29,32-47,49-73H2,1-3H3/b12-9-,21-18-,31-30-,48-27-. The highest BCUT2D eigenvalue weighted by Gasteiger charge is 2.19. The minimum atomic E-state index is -0.778. The normalized spacial score (nSPS) is 12.3. The third kappa shape index (κ3) is 70.0. The lowest BCUT2D eigenvalue weighted by molar-refractivity contribution is -0.167. The molecule has 0 aromatic heterocycles. The van der Waals surface area contributed by atoms with Crippen molar-refractivity contribution < 1.29 is 28.6 Å². The molecule has 0 aliphatic carbocycles. The lowest BCUT2D eigenvalue weighted by Crippen LogP contribution is -2.30. The fraction of sp³-hybridized carbons (Fsp3) is 0.857. The van der Waals surface area contributed by atoms with Gasteiger partial charge in [-0.2, -0.15) is 0 Å². The van der Waals surface area contributed by atoms with Crippen LogP contribution in [0.25, 0.3) is 0 Å². The van der Waals surface area contributed by atoms with E-state index in [2.05, 4.69) is 69.4 Å². The van der Waals surface area contributed by atoms with E-state index in [1.807, 2.05) is 0 Å². The van der Waals surface area contributed by atoms with Crippen LogP contribution in [-0.2, 0) is 28.6 Å². The number of carbonyl (C=O) groups excluding carboxylic acids is 3. The topological polar surface area (TPSA) is 78.9 Å². The van der Waals surface area contributed by atoms with E-state index in [1.165, 1.54) is 270 Å². The molecule has 0 radical (unpaired) electrons. The molecule has 0 spiro atoms. The zero-order chi connectivity index (χ0) is 59.9. The van der Waals surface area contributed by atoms with Crippen molar-refractivity contribution in [3.8, 4) is 0 Å². The smallest absolute Gasteiger partial charge is 0.306 e. The molecule has 0 aliphatic rings. The summed E-state index contributed by atoms with van der Waals surface area (Å²) in [7, 11) is 0. The molecule has 0 rings (SSSR count). The van der Waals surface area contributed by atoms with Crippen molar-refractivity contribution in [2.24, 2.45) is 0 Å². The van der Waals surface area contributed by atoms with Gasteiger partial charge < -0.3 is 14.2 Å². The van der Waals surface area contributed by atoms with Crippen molar-refractivity contribution >= 4 is 17.9 Å². The van der Waals surface area contributed by atoms with Gasteiger partial charge in [-0.05, 0) is 77.0 Å². The van der Waals surface area contributed by atoms with E-state index in [0.717, 1.165) is 96.3 Å². The molecule has 0 aromatic rings. The van der Waals surface area contributed by atoms with Crippen LogP contribution >= 0.6 is 0 Å². The lowest BCUT2D eigenvalue weighted by atomic mass is 10.0. The van der Waals surface area contributed by atoms with Crippen LogP contribution in [-0.4, -0.2) is 37.2 Å². The van der Waals surface area contributed by atoms with Crippen LogP contribution in [0.2, 0.25) is 0 Å². The van der Waals surface area contributed by atoms with Gasteiger partial charge in [0, 0.05) is 19.3 Å². The average molecular weight is 1160 g/mol. The van der Waals surface area contributed by atoms with Crippen LogP contribution in [0, 0.1) is 0 Å². The first-order valence-electron chi connectivity index (χ1n) is 37.1. The average Bonchev–Trinajstić information content (AvgIpc) is 3.49. The first kappa shape index (κ1) is 80.4. The number of esters is 3. The highest BCUT2D eigenvalue weighted by atomic mass is 16.6. The van der Waals surface area contributed by atoms with Gasteiger partial charge >= 0.3 is 17.9 Å². The molecule has 6 heteroatoms. The largest absolute Gasteiger partial charge is 0.462 e. The predicted molar refractivity (Wildman–Crippen MR) is 362 cm³/mol. The maximum Gasteiger partial charge on any atom is 0.306 e. The predicted octanol–water partition coefficient (Wildman–Crippen LogP) is 25.7. The zero-order valence-corrected chi connectivity index (χ0v) is 56.0. The summed E-state index contributed by atoms with van der Waals surface area (Å²) in [5, 5.41) is 0. The monoisotopic (exact) mass is 1160 g/mol. The van der Waals surface area contributed by atoms with Gasteiger partial charge in [0.2, 0.25) is 0 Å². The highest BCUT2D eigenvalue weighted by Crippen LogP contribution is 2.19. The molecule has 83 heavy (non-hydrogen) atoms. The molecule has 0 saturated carbocycles. The lowest BCUT2D eigenvalue weighted by Gasteiger charge is -2.18. The Bertz CT molecular complexity index is 1430. The van der Waals surface area contributed by atoms with Crippen molar-refractivity contribution in [3.63, 3.8) is 0 Å². The molecule has 6 nitrogen and oxygen atoms in total. The Kier molecular flexibility index (Phi) is 69.6. The van der Waals surface area contributed by atoms with Gasteiger partial charge in [0.25, 0.3) is 0 Å². The number of hydrogen-bond acceptors (Lipinski definition) is 6. The number of hydrogen-bond donors (Lipinski definition) is 0. The molecule has 486 valence electrons. The van der Waals surface area contributed by atoms with Crippen molar-refractivity contribution in [3.05, 3.63) is 48.6 Å². The van der Waals surface area contributed by atoms with E-state index >= 15 is 0 Å². The first-order valence-corrected chi connectivity index (χ1v) is 37.1. The van der Waals surface area contributed by atoms with Gasteiger partial charge in [0.1, 0.15) is 13.2 Å². The summed E-state index contributed by atoms with van der Waals surface area (Å²) in [5.41, 5.74) is 0. The minimum Gasteiger partial charge on any atom is -0.462 e. The molecular formula is C77H142O6. The van der Waals surface area contributed by atoms with E-state index in [4.69, 9.17) is 14.2 Å². The van der Waals surface area contributed by atoms with Crippen LogP contribution in [0.3, 0.4) is 0 Å². The molecule has 0 amide bonds. The summed E-state index contributed by atoms with van der Waals surface area (Å²) in [6, 6.07) is 0. The van der Waals surface area contributed by atoms with Crippen LogP contribution < -0.4 is 0 Å².